The average molecular weight is 307 g/mol. The molecule has 1 aromatic heterocycles. The van der Waals surface area contributed by atoms with Gasteiger partial charge in [0.05, 0.1) is 7.11 Å². The van der Waals surface area contributed by atoms with Crippen molar-refractivity contribution >= 4 is 28.8 Å². The van der Waals surface area contributed by atoms with Crippen molar-refractivity contribution in [2.24, 2.45) is 0 Å². The van der Waals surface area contributed by atoms with Crippen LogP contribution in [0.4, 0.5) is 0 Å². The Morgan fingerprint density at radius 1 is 1.43 bits per heavy atom. The van der Waals surface area contributed by atoms with Crippen molar-refractivity contribution in [2.75, 3.05) is 13.7 Å². The summed E-state index contributed by atoms with van der Waals surface area (Å²) in [5.41, 5.74) is 2.06. The first-order valence-corrected chi connectivity index (χ1v) is 8.17. The summed E-state index contributed by atoms with van der Waals surface area (Å²) >= 11 is 1.47. The molecule has 0 saturated heterocycles. The highest BCUT2D eigenvalue weighted by molar-refractivity contribution is 7.14. The van der Waals surface area contributed by atoms with E-state index in [4.69, 9.17) is 4.74 Å². The van der Waals surface area contributed by atoms with Gasteiger partial charge in [0.2, 0.25) is 5.91 Å². The van der Waals surface area contributed by atoms with Crippen LogP contribution in [0, 0.1) is 0 Å². The minimum absolute atomic E-state index is 0.0443. The van der Waals surface area contributed by atoms with Gasteiger partial charge in [-0.05, 0) is 42.9 Å². The molecular weight excluding hydrogens is 286 g/mol. The number of carbonyl (C=O) groups excluding carboxylic acids is 2. The van der Waals surface area contributed by atoms with E-state index in [2.05, 4.69) is 12.2 Å². The fraction of sp³-hybridized carbons (Fsp3) is 0.500. The Morgan fingerprint density at radius 2 is 2.24 bits per heavy atom. The second kappa shape index (κ2) is 7.41. The Kier molecular flexibility index (Phi) is 5.56. The van der Waals surface area contributed by atoms with Gasteiger partial charge in [-0.2, -0.15) is 0 Å². The van der Waals surface area contributed by atoms with E-state index in [1.807, 2.05) is 6.07 Å². The molecule has 1 aromatic rings. The van der Waals surface area contributed by atoms with Gasteiger partial charge in [0.25, 0.3) is 0 Å². The first-order valence-electron chi connectivity index (χ1n) is 7.35. The Hall–Kier alpha value is -1.62. The molecule has 0 spiro atoms. The Morgan fingerprint density at radius 3 is 2.95 bits per heavy atom. The Balaban J connectivity index is 2.15. The number of amides is 1. The summed E-state index contributed by atoms with van der Waals surface area (Å²) in [6.45, 7) is 2.81. The van der Waals surface area contributed by atoms with E-state index in [9.17, 15) is 9.59 Å². The van der Waals surface area contributed by atoms with Crippen LogP contribution in [-0.2, 0) is 16.0 Å². The Bertz CT molecular complexity index is 560. The third kappa shape index (κ3) is 3.94. The maximum Gasteiger partial charge on any atom is 0.348 e. The summed E-state index contributed by atoms with van der Waals surface area (Å²) in [4.78, 5) is 25.3. The van der Waals surface area contributed by atoms with Crippen LogP contribution in [0.15, 0.2) is 12.1 Å². The van der Waals surface area contributed by atoms with Gasteiger partial charge in [-0.15, -0.1) is 11.3 Å². The first-order chi connectivity index (χ1) is 10.2. The van der Waals surface area contributed by atoms with Crippen LogP contribution in [0.5, 0.6) is 0 Å². The van der Waals surface area contributed by atoms with Gasteiger partial charge in [-0.3, -0.25) is 4.79 Å². The van der Waals surface area contributed by atoms with E-state index >= 15 is 0 Å². The van der Waals surface area contributed by atoms with Crippen molar-refractivity contribution in [1.82, 2.24) is 5.32 Å². The monoisotopic (exact) mass is 307 g/mol. The minimum atomic E-state index is -0.304. The highest BCUT2D eigenvalue weighted by Crippen LogP contribution is 2.36. The quantitative estimate of drug-likeness (QED) is 0.516. The zero-order valence-corrected chi connectivity index (χ0v) is 13.3. The van der Waals surface area contributed by atoms with E-state index in [1.54, 1.807) is 6.08 Å². The summed E-state index contributed by atoms with van der Waals surface area (Å²) in [6.07, 6.45) is 6.60. The fourth-order valence-corrected chi connectivity index (χ4v) is 3.56. The first kappa shape index (κ1) is 15.8. The molecule has 1 N–H and O–H groups in total. The van der Waals surface area contributed by atoms with Crippen molar-refractivity contribution < 1.29 is 14.3 Å². The zero-order valence-electron chi connectivity index (χ0n) is 12.5. The third-order valence-electron chi connectivity index (χ3n) is 3.53. The van der Waals surface area contributed by atoms with Crippen molar-refractivity contribution in [3.63, 3.8) is 0 Å². The second-order valence-corrected chi connectivity index (χ2v) is 6.24. The lowest BCUT2D eigenvalue weighted by atomic mass is 9.93. The molecule has 114 valence electrons. The van der Waals surface area contributed by atoms with Crippen LogP contribution in [-0.4, -0.2) is 25.5 Å². The molecule has 1 amide bonds. The molecule has 5 heteroatoms. The summed E-state index contributed by atoms with van der Waals surface area (Å²) in [5, 5.41) is 2.90. The van der Waals surface area contributed by atoms with Crippen LogP contribution in [0.2, 0.25) is 0 Å². The number of thiophene rings is 1. The average Bonchev–Trinajstić information content (AvgIpc) is 2.92. The number of hydrogen-bond acceptors (Lipinski definition) is 4. The molecule has 21 heavy (non-hydrogen) atoms. The van der Waals surface area contributed by atoms with Gasteiger partial charge in [0.1, 0.15) is 4.88 Å². The molecule has 0 aliphatic heterocycles. The molecule has 0 unspecified atom stereocenters. The van der Waals surface area contributed by atoms with Gasteiger partial charge in [-0.1, -0.05) is 13.3 Å². The molecule has 0 bridgehead atoms. The van der Waals surface area contributed by atoms with Crippen molar-refractivity contribution in [3.8, 4) is 0 Å². The molecule has 4 nitrogen and oxygen atoms in total. The van der Waals surface area contributed by atoms with E-state index in [1.165, 1.54) is 23.3 Å². The SMILES string of the molecule is CCCCNC(=O)/C=C1/CCCc2sc(C(=O)OC)cc21. The lowest BCUT2D eigenvalue weighted by Gasteiger charge is -2.14. The fourth-order valence-electron chi connectivity index (χ4n) is 2.41. The van der Waals surface area contributed by atoms with Gasteiger partial charge < -0.3 is 10.1 Å². The van der Waals surface area contributed by atoms with E-state index in [-0.39, 0.29) is 11.9 Å². The summed E-state index contributed by atoms with van der Waals surface area (Å²) in [6, 6.07) is 1.86. The maximum atomic E-state index is 11.9. The molecule has 0 saturated carbocycles. The predicted molar refractivity (Wildman–Crippen MR) is 84.5 cm³/mol. The molecule has 0 fully saturated rings. The predicted octanol–water partition coefficient (Wildman–Crippen LogP) is 3.17. The molecule has 0 atom stereocenters. The summed E-state index contributed by atoms with van der Waals surface area (Å²) < 4.78 is 4.77. The molecular formula is C16H21NO3S. The topological polar surface area (TPSA) is 55.4 Å². The largest absolute Gasteiger partial charge is 0.465 e. The number of fused-ring (bicyclic) bond motifs is 1. The van der Waals surface area contributed by atoms with E-state index in [0.717, 1.165) is 43.2 Å². The number of nitrogens with one attached hydrogen (secondary N) is 1. The van der Waals surface area contributed by atoms with Gasteiger partial charge in [-0.25, -0.2) is 4.79 Å². The smallest absolute Gasteiger partial charge is 0.348 e. The van der Waals surface area contributed by atoms with Gasteiger partial charge in [0.15, 0.2) is 0 Å². The standard InChI is InChI=1S/C16H21NO3S/c1-3-4-8-17-15(18)9-11-6-5-7-13-12(11)10-14(21-13)16(19)20-2/h9-10H,3-8H2,1-2H3,(H,17,18)/b11-9-. The van der Waals surface area contributed by atoms with Crippen molar-refractivity contribution in [1.29, 1.82) is 0 Å². The highest BCUT2D eigenvalue weighted by atomic mass is 32.1. The molecule has 0 radical (unpaired) electrons. The molecule has 0 aromatic carbocycles. The normalized spacial score (nSPS) is 15.6. The van der Waals surface area contributed by atoms with Crippen LogP contribution < -0.4 is 5.32 Å². The molecule has 1 aliphatic carbocycles. The maximum absolute atomic E-state index is 11.9. The molecule has 2 rings (SSSR count). The van der Waals surface area contributed by atoms with Crippen molar-refractivity contribution in [3.05, 3.63) is 27.5 Å². The van der Waals surface area contributed by atoms with E-state index in [0.29, 0.717) is 11.4 Å². The number of carbonyl (C=O) groups is 2. The van der Waals surface area contributed by atoms with Gasteiger partial charge in [0, 0.05) is 17.5 Å². The lowest BCUT2D eigenvalue weighted by molar-refractivity contribution is -0.116. The van der Waals surface area contributed by atoms with Crippen LogP contribution >= 0.6 is 11.3 Å². The zero-order chi connectivity index (χ0) is 15.2. The Labute approximate surface area is 129 Å². The number of methoxy groups -OCH3 is 1. The number of rotatable bonds is 5. The second-order valence-electron chi connectivity index (χ2n) is 5.11. The number of aryl methyl sites for hydroxylation is 1. The van der Waals surface area contributed by atoms with E-state index < -0.39 is 0 Å². The number of ether oxygens (including phenoxy) is 1. The number of hydrogen-bond donors (Lipinski definition) is 1. The third-order valence-corrected chi connectivity index (χ3v) is 4.70. The molecule has 1 heterocycles. The van der Waals surface area contributed by atoms with Crippen LogP contribution in [0.25, 0.3) is 5.57 Å². The van der Waals surface area contributed by atoms with Gasteiger partial charge >= 0.3 is 5.97 Å². The molecule has 1 aliphatic rings. The summed E-state index contributed by atoms with van der Waals surface area (Å²) in [5.74, 6) is -0.349. The van der Waals surface area contributed by atoms with Crippen molar-refractivity contribution in [2.45, 2.75) is 39.0 Å². The lowest BCUT2D eigenvalue weighted by Crippen LogP contribution is -2.22. The number of unbranched alkanes of at least 4 members (excludes halogenated alkanes) is 1. The number of allylic oxidation sites excluding steroid dienone is 1. The minimum Gasteiger partial charge on any atom is -0.465 e. The number of esters is 1. The summed E-state index contributed by atoms with van der Waals surface area (Å²) in [7, 11) is 1.39. The van der Waals surface area contributed by atoms with Crippen LogP contribution in [0.1, 0.15) is 52.7 Å². The van der Waals surface area contributed by atoms with Crippen LogP contribution in [0.3, 0.4) is 0 Å². The highest BCUT2D eigenvalue weighted by Gasteiger charge is 2.21.